The number of carbonyl (C=O) groups excluding carboxylic acids is 1. The first kappa shape index (κ1) is 10.5. The predicted molar refractivity (Wildman–Crippen MR) is 54.6 cm³/mol. The van der Waals surface area contributed by atoms with E-state index in [0.29, 0.717) is 11.4 Å². The number of amides is 1. The maximum atomic E-state index is 11.0. The largest absolute Gasteiger partial charge is 0.366 e. The van der Waals surface area contributed by atoms with Gasteiger partial charge in [0.15, 0.2) is 0 Å². The average molecular weight is 194 g/mol. The molecule has 0 atom stereocenters. The van der Waals surface area contributed by atoms with E-state index >= 15 is 0 Å². The smallest absolute Gasteiger partial charge is 0.248 e. The molecule has 5 heteroatoms. The van der Waals surface area contributed by atoms with Crippen molar-refractivity contribution >= 4 is 11.7 Å². The Balaban J connectivity index is 3.06. The third-order valence-electron chi connectivity index (χ3n) is 1.82. The zero-order chi connectivity index (χ0) is 10.6. The first-order valence-electron chi connectivity index (χ1n) is 4.44. The lowest BCUT2D eigenvalue weighted by atomic mass is 10.1. The number of pyridine rings is 1. The van der Waals surface area contributed by atoms with Crippen LogP contribution < -0.4 is 17.0 Å². The molecule has 0 aliphatic rings. The van der Waals surface area contributed by atoms with Gasteiger partial charge < -0.3 is 11.2 Å². The molecule has 0 radical (unpaired) electrons. The highest BCUT2D eigenvalue weighted by Crippen LogP contribution is 2.10. The van der Waals surface area contributed by atoms with Crippen molar-refractivity contribution < 1.29 is 4.79 Å². The molecule has 0 bridgehead atoms. The number of hydrogen-bond donors (Lipinski definition) is 3. The highest BCUT2D eigenvalue weighted by atomic mass is 16.1. The van der Waals surface area contributed by atoms with Crippen molar-refractivity contribution in [1.82, 2.24) is 4.98 Å². The van der Waals surface area contributed by atoms with E-state index in [2.05, 4.69) is 10.4 Å². The maximum Gasteiger partial charge on any atom is 0.248 e. The lowest BCUT2D eigenvalue weighted by molar-refractivity contribution is 0.1000. The molecule has 0 aliphatic heterocycles. The van der Waals surface area contributed by atoms with E-state index in [4.69, 9.17) is 11.6 Å². The van der Waals surface area contributed by atoms with Crippen LogP contribution in [0.25, 0.3) is 0 Å². The molecule has 1 rings (SSSR count). The van der Waals surface area contributed by atoms with Gasteiger partial charge in [-0.1, -0.05) is 13.3 Å². The Morgan fingerprint density at radius 3 is 2.79 bits per heavy atom. The van der Waals surface area contributed by atoms with Crippen molar-refractivity contribution in [1.29, 1.82) is 0 Å². The molecule has 1 amide bonds. The summed E-state index contributed by atoms with van der Waals surface area (Å²) in [6.07, 6.45) is 1.76. The summed E-state index contributed by atoms with van der Waals surface area (Å²) in [7, 11) is 0. The molecule has 76 valence electrons. The van der Waals surface area contributed by atoms with Gasteiger partial charge in [-0.2, -0.15) is 0 Å². The van der Waals surface area contributed by atoms with Crippen molar-refractivity contribution in [3.8, 4) is 0 Å². The molecule has 0 aromatic carbocycles. The Morgan fingerprint density at radius 2 is 2.29 bits per heavy atom. The van der Waals surface area contributed by atoms with Crippen LogP contribution in [-0.4, -0.2) is 10.9 Å². The number of primary amides is 1. The minimum absolute atomic E-state index is 0.427. The van der Waals surface area contributed by atoms with Crippen LogP contribution in [0.15, 0.2) is 12.1 Å². The van der Waals surface area contributed by atoms with Gasteiger partial charge in [0.05, 0.1) is 0 Å². The second kappa shape index (κ2) is 4.57. The van der Waals surface area contributed by atoms with E-state index in [9.17, 15) is 4.79 Å². The number of nitrogen functional groups attached to an aromatic ring is 1. The molecule has 0 aliphatic carbocycles. The molecule has 1 aromatic heterocycles. The lowest BCUT2D eigenvalue weighted by Gasteiger charge is -2.05. The zero-order valence-electron chi connectivity index (χ0n) is 8.08. The van der Waals surface area contributed by atoms with Crippen molar-refractivity contribution in [2.45, 2.75) is 19.8 Å². The quantitative estimate of drug-likeness (QED) is 0.478. The van der Waals surface area contributed by atoms with Gasteiger partial charge in [0.25, 0.3) is 0 Å². The normalized spacial score (nSPS) is 9.86. The Hall–Kier alpha value is -1.62. The van der Waals surface area contributed by atoms with Crippen LogP contribution in [0.3, 0.4) is 0 Å². The van der Waals surface area contributed by atoms with Gasteiger partial charge in [-0.3, -0.25) is 4.79 Å². The predicted octanol–water partition coefficient (Wildman–Crippen LogP) is 0.419. The minimum atomic E-state index is -0.471. The summed E-state index contributed by atoms with van der Waals surface area (Å²) in [6.45, 7) is 2.04. The molecule has 0 saturated carbocycles. The number of hydrazine groups is 1. The molecule has 0 saturated heterocycles. The number of anilines is 1. The summed E-state index contributed by atoms with van der Waals surface area (Å²) in [5.41, 5.74) is 8.81. The van der Waals surface area contributed by atoms with Crippen LogP contribution in [0, 0.1) is 0 Å². The van der Waals surface area contributed by atoms with Crippen molar-refractivity contribution in [2.24, 2.45) is 11.6 Å². The SMILES string of the molecule is CCCc1cc(C(N)=O)cc(NN)n1. The fraction of sp³-hybridized carbons (Fsp3) is 0.333. The van der Waals surface area contributed by atoms with Crippen LogP contribution in [-0.2, 0) is 6.42 Å². The van der Waals surface area contributed by atoms with Gasteiger partial charge in [0.2, 0.25) is 5.91 Å². The summed E-state index contributed by atoms with van der Waals surface area (Å²) >= 11 is 0. The van der Waals surface area contributed by atoms with Crippen molar-refractivity contribution in [2.75, 3.05) is 5.43 Å². The number of nitrogens with zero attached hydrogens (tertiary/aromatic N) is 1. The fourth-order valence-corrected chi connectivity index (χ4v) is 1.19. The molecule has 0 fully saturated rings. The molecular formula is C9H14N4O. The zero-order valence-corrected chi connectivity index (χ0v) is 8.08. The van der Waals surface area contributed by atoms with E-state index in [1.54, 1.807) is 6.07 Å². The molecular weight excluding hydrogens is 180 g/mol. The molecule has 0 spiro atoms. The highest BCUT2D eigenvalue weighted by molar-refractivity contribution is 5.93. The number of rotatable bonds is 4. The van der Waals surface area contributed by atoms with Gasteiger partial charge >= 0.3 is 0 Å². The number of hydrogen-bond acceptors (Lipinski definition) is 4. The fourth-order valence-electron chi connectivity index (χ4n) is 1.19. The lowest BCUT2D eigenvalue weighted by Crippen LogP contribution is -2.15. The Morgan fingerprint density at radius 1 is 1.57 bits per heavy atom. The van der Waals surface area contributed by atoms with E-state index in [-0.39, 0.29) is 0 Å². The average Bonchev–Trinajstić information content (AvgIpc) is 2.17. The number of nitrogens with two attached hydrogens (primary N) is 2. The van der Waals surface area contributed by atoms with Gasteiger partial charge in [-0.25, -0.2) is 10.8 Å². The van der Waals surface area contributed by atoms with Gasteiger partial charge in [-0.05, 0) is 18.6 Å². The number of aromatic nitrogens is 1. The van der Waals surface area contributed by atoms with Crippen molar-refractivity contribution in [3.63, 3.8) is 0 Å². The van der Waals surface area contributed by atoms with E-state index < -0.39 is 5.91 Å². The van der Waals surface area contributed by atoms with Gasteiger partial charge in [-0.15, -0.1) is 0 Å². The van der Waals surface area contributed by atoms with Crippen LogP contribution >= 0.6 is 0 Å². The molecule has 14 heavy (non-hydrogen) atoms. The number of aryl methyl sites for hydroxylation is 1. The molecule has 5 nitrogen and oxygen atoms in total. The summed E-state index contributed by atoms with van der Waals surface area (Å²) in [4.78, 5) is 15.1. The molecule has 5 N–H and O–H groups in total. The van der Waals surface area contributed by atoms with E-state index in [1.807, 2.05) is 6.92 Å². The van der Waals surface area contributed by atoms with Crippen LogP contribution in [0.1, 0.15) is 29.4 Å². The summed E-state index contributed by atoms with van der Waals surface area (Å²) in [6, 6.07) is 3.22. The summed E-state index contributed by atoms with van der Waals surface area (Å²) in [5, 5.41) is 0. The second-order valence-corrected chi connectivity index (χ2v) is 2.99. The first-order chi connectivity index (χ1) is 6.67. The second-order valence-electron chi connectivity index (χ2n) is 2.99. The number of nitrogens with one attached hydrogen (secondary N) is 1. The van der Waals surface area contributed by atoms with Gasteiger partial charge in [0.1, 0.15) is 5.82 Å². The third-order valence-corrected chi connectivity index (χ3v) is 1.82. The molecule has 1 heterocycles. The molecule has 1 aromatic rings. The Kier molecular flexibility index (Phi) is 3.41. The Bertz CT molecular complexity index is 338. The Labute approximate surface area is 82.5 Å². The van der Waals surface area contributed by atoms with Gasteiger partial charge in [0, 0.05) is 11.3 Å². The summed E-state index contributed by atoms with van der Waals surface area (Å²) < 4.78 is 0. The molecule has 0 unspecified atom stereocenters. The van der Waals surface area contributed by atoms with Crippen LogP contribution in [0.4, 0.5) is 5.82 Å². The first-order valence-corrected chi connectivity index (χ1v) is 4.44. The van der Waals surface area contributed by atoms with Crippen molar-refractivity contribution in [3.05, 3.63) is 23.4 Å². The topological polar surface area (TPSA) is 94.0 Å². The standard InChI is InChI=1S/C9H14N4O/c1-2-3-7-4-6(9(10)14)5-8(12-7)13-11/h4-5H,2-3,11H2,1H3,(H2,10,14)(H,12,13). The highest BCUT2D eigenvalue weighted by Gasteiger charge is 2.05. The third kappa shape index (κ3) is 2.43. The minimum Gasteiger partial charge on any atom is -0.366 e. The van der Waals surface area contributed by atoms with E-state index in [0.717, 1.165) is 18.5 Å². The number of carbonyl (C=O) groups is 1. The van der Waals surface area contributed by atoms with Crippen LogP contribution in [0.2, 0.25) is 0 Å². The van der Waals surface area contributed by atoms with Crippen LogP contribution in [0.5, 0.6) is 0 Å². The monoisotopic (exact) mass is 194 g/mol. The maximum absolute atomic E-state index is 11.0. The summed E-state index contributed by atoms with van der Waals surface area (Å²) in [5.74, 6) is 5.21. The van der Waals surface area contributed by atoms with E-state index in [1.165, 1.54) is 6.07 Å².